The fourth-order valence-corrected chi connectivity index (χ4v) is 1.49. The molecule has 18 heavy (non-hydrogen) atoms. The van der Waals surface area contributed by atoms with Crippen LogP contribution in [0.5, 0.6) is 5.88 Å². The zero-order valence-electron chi connectivity index (χ0n) is 9.58. The van der Waals surface area contributed by atoms with E-state index >= 15 is 0 Å². The van der Waals surface area contributed by atoms with Crippen LogP contribution in [0.4, 0.5) is 21.6 Å². The molecule has 0 atom stereocenters. The summed E-state index contributed by atoms with van der Waals surface area (Å²) in [7, 11) is 1.50. The van der Waals surface area contributed by atoms with Gasteiger partial charge in [0, 0.05) is 11.8 Å². The molecule has 0 aliphatic heterocycles. The molecule has 0 spiro atoms. The summed E-state index contributed by atoms with van der Waals surface area (Å²) in [6, 6.07) is 7.65. The van der Waals surface area contributed by atoms with Crippen LogP contribution in [0.25, 0.3) is 0 Å². The molecule has 0 aliphatic rings. The number of nitrogens with two attached hydrogens (primary N) is 1. The van der Waals surface area contributed by atoms with E-state index in [1.165, 1.54) is 19.2 Å². The largest absolute Gasteiger partial charge is 0.481 e. The first-order valence-corrected chi connectivity index (χ1v) is 5.50. The van der Waals surface area contributed by atoms with Crippen molar-refractivity contribution in [1.29, 1.82) is 0 Å². The summed E-state index contributed by atoms with van der Waals surface area (Å²) in [5.41, 5.74) is 6.70. The van der Waals surface area contributed by atoms with Gasteiger partial charge in [0.1, 0.15) is 5.82 Å². The highest BCUT2D eigenvalue weighted by Gasteiger charge is 2.06. The second kappa shape index (κ2) is 5.10. The summed E-state index contributed by atoms with van der Waals surface area (Å²) in [5, 5.41) is 2.96. The third-order valence-corrected chi connectivity index (χ3v) is 2.60. The molecule has 3 N–H and O–H groups in total. The number of halogens is 2. The van der Waals surface area contributed by atoms with Crippen molar-refractivity contribution in [1.82, 2.24) is 4.98 Å². The van der Waals surface area contributed by atoms with Crippen molar-refractivity contribution >= 4 is 28.8 Å². The molecule has 1 aromatic heterocycles. The monoisotopic (exact) mass is 267 g/mol. The normalized spacial score (nSPS) is 10.2. The Morgan fingerprint density at radius 3 is 2.78 bits per heavy atom. The van der Waals surface area contributed by atoms with Crippen molar-refractivity contribution in [3.8, 4) is 5.88 Å². The van der Waals surface area contributed by atoms with Gasteiger partial charge in [-0.1, -0.05) is 11.6 Å². The lowest BCUT2D eigenvalue weighted by atomic mass is 10.3. The number of rotatable bonds is 3. The second-order valence-electron chi connectivity index (χ2n) is 3.55. The molecule has 0 radical (unpaired) electrons. The number of hydrogen-bond acceptors (Lipinski definition) is 4. The standard InChI is InChI=1S/C12H11ClFN3O/c1-18-11-5-4-10(15)12(17-11)16-7-2-3-8(13)9(14)6-7/h2-6H,15H2,1H3,(H,16,17). The predicted octanol–water partition coefficient (Wildman–Crippen LogP) is 3.21. The molecule has 0 bridgehead atoms. The summed E-state index contributed by atoms with van der Waals surface area (Å²) in [6.45, 7) is 0. The summed E-state index contributed by atoms with van der Waals surface area (Å²) in [6.07, 6.45) is 0. The molecule has 94 valence electrons. The molecule has 0 aliphatic carbocycles. The highest BCUT2D eigenvalue weighted by atomic mass is 35.5. The van der Waals surface area contributed by atoms with E-state index in [2.05, 4.69) is 10.3 Å². The van der Waals surface area contributed by atoms with Gasteiger partial charge in [0.05, 0.1) is 17.8 Å². The number of anilines is 3. The third kappa shape index (κ3) is 2.62. The molecule has 1 aromatic carbocycles. The quantitative estimate of drug-likeness (QED) is 0.896. The Bertz CT molecular complexity index is 577. The van der Waals surface area contributed by atoms with Crippen molar-refractivity contribution in [3.63, 3.8) is 0 Å². The van der Waals surface area contributed by atoms with Crippen LogP contribution < -0.4 is 15.8 Å². The fourth-order valence-electron chi connectivity index (χ4n) is 1.38. The zero-order valence-corrected chi connectivity index (χ0v) is 10.3. The Hall–Kier alpha value is -2.01. The lowest BCUT2D eigenvalue weighted by Gasteiger charge is -2.10. The molecule has 6 heteroatoms. The lowest BCUT2D eigenvalue weighted by molar-refractivity contribution is 0.398. The van der Waals surface area contributed by atoms with E-state index in [9.17, 15) is 4.39 Å². The molecule has 0 saturated heterocycles. The van der Waals surface area contributed by atoms with Crippen LogP contribution in [0.2, 0.25) is 5.02 Å². The number of ether oxygens (including phenoxy) is 1. The van der Waals surface area contributed by atoms with Gasteiger partial charge >= 0.3 is 0 Å². The summed E-state index contributed by atoms with van der Waals surface area (Å²) < 4.78 is 18.3. The Kier molecular flexibility index (Phi) is 3.53. The maximum Gasteiger partial charge on any atom is 0.215 e. The number of aromatic nitrogens is 1. The highest BCUT2D eigenvalue weighted by Crippen LogP contribution is 2.25. The molecule has 2 aromatic rings. The number of benzene rings is 1. The molecular weight excluding hydrogens is 257 g/mol. The number of nitrogens with one attached hydrogen (secondary N) is 1. The summed E-state index contributed by atoms with van der Waals surface area (Å²) in [4.78, 5) is 4.12. The van der Waals surface area contributed by atoms with E-state index in [4.69, 9.17) is 22.1 Å². The fraction of sp³-hybridized carbons (Fsp3) is 0.0833. The van der Waals surface area contributed by atoms with E-state index in [1.807, 2.05) is 0 Å². The molecule has 0 saturated carbocycles. The van der Waals surface area contributed by atoms with Crippen LogP contribution in [0.1, 0.15) is 0 Å². The highest BCUT2D eigenvalue weighted by molar-refractivity contribution is 6.30. The lowest BCUT2D eigenvalue weighted by Crippen LogP contribution is -2.00. The number of nitrogens with zero attached hydrogens (tertiary/aromatic N) is 1. The van der Waals surface area contributed by atoms with Gasteiger partial charge in [-0.2, -0.15) is 4.98 Å². The van der Waals surface area contributed by atoms with E-state index in [0.29, 0.717) is 23.1 Å². The Balaban J connectivity index is 2.30. The van der Waals surface area contributed by atoms with Crippen LogP contribution in [-0.2, 0) is 0 Å². The van der Waals surface area contributed by atoms with Crippen LogP contribution in [0.15, 0.2) is 30.3 Å². The number of methoxy groups -OCH3 is 1. The first-order valence-electron chi connectivity index (χ1n) is 5.12. The SMILES string of the molecule is COc1ccc(N)c(Nc2ccc(Cl)c(F)c2)n1. The average Bonchev–Trinajstić information content (AvgIpc) is 2.36. The van der Waals surface area contributed by atoms with E-state index < -0.39 is 5.82 Å². The molecular formula is C12H11ClFN3O. The smallest absolute Gasteiger partial charge is 0.215 e. The minimum Gasteiger partial charge on any atom is -0.481 e. The maximum atomic E-state index is 13.3. The van der Waals surface area contributed by atoms with E-state index in [0.717, 1.165) is 0 Å². The second-order valence-corrected chi connectivity index (χ2v) is 3.95. The molecule has 4 nitrogen and oxygen atoms in total. The zero-order chi connectivity index (χ0) is 13.1. The van der Waals surface area contributed by atoms with Crippen molar-refractivity contribution in [2.24, 2.45) is 0 Å². The Labute approximate surface area is 109 Å². The maximum absolute atomic E-state index is 13.3. The third-order valence-electron chi connectivity index (χ3n) is 2.29. The summed E-state index contributed by atoms with van der Waals surface area (Å²) in [5.74, 6) is 0.306. The van der Waals surface area contributed by atoms with Gasteiger partial charge in [0.15, 0.2) is 5.82 Å². The predicted molar refractivity (Wildman–Crippen MR) is 69.9 cm³/mol. The number of pyridine rings is 1. The van der Waals surface area contributed by atoms with Crippen LogP contribution in [-0.4, -0.2) is 12.1 Å². The summed E-state index contributed by atoms with van der Waals surface area (Å²) >= 11 is 5.60. The van der Waals surface area contributed by atoms with Crippen molar-refractivity contribution in [3.05, 3.63) is 41.2 Å². The number of nitrogen functional groups attached to an aromatic ring is 1. The molecule has 0 fully saturated rings. The van der Waals surface area contributed by atoms with Crippen LogP contribution >= 0.6 is 11.6 Å². The molecule has 2 rings (SSSR count). The van der Waals surface area contributed by atoms with Crippen LogP contribution in [0.3, 0.4) is 0 Å². The van der Waals surface area contributed by atoms with Crippen molar-refractivity contribution in [2.45, 2.75) is 0 Å². The van der Waals surface area contributed by atoms with Gasteiger partial charge in [-0.15, -0.1) is 0 Å². The van der Waals surface area contributed by atoms with E-state index in [-0.39, 0.29) is 5.02 Å². The Morgan fingerprint density at radius 2 is 2.11 bits per heavy atom. The van der Waals surface area contributed by atoms with Gasteiger partial charge in [0.2, 0.25) is 5.88 Å². The van der Waals surface area contributed by atoms with Gasteiger partial charge in [-0.3, -0.25) is 0 Å². The van der Waals surface area contributed by atoms with Crippen molar-refractivity contribution < 1.29 is 9.13 Å². The first kappa shape index (κ1) is 12.4. The topological polar surface area (TPSA) is 60.2 Å². The van der Waals surface area contributed by atoms with Gasteiger partial charge in [-0.25, -0.2) is 4.39 Å². The molecule has 0 amide bonds. The first-order chi connectivity index (χ1) is 8.60. The molecule has 0 unspecified atom stereocenters. The molecule has 1 heterocycles. The number of hydrogen-bond donors (Lipinski definition) is 2. The van der Waals surface area contributed by atoms with Crippen molar-refractivity contribution in [2.75, 3.05) is 18.2 Å². The van der Waals surface area contributed by atoms with Crippen LogP contribution in [0, 0.1) is 5.82 Å². The van der Waals surface area contributed by atoms with Gasteiger partial charge in [-0.05, 0) is 24.3 Å². The van der Waals surface area contributed by atoms with Gasteiger partial charge < -0.3 is 15.8 Å². The average molecular weight is 268 g/mol. The van der Waals surface area contributed by atoms with Gasteiger partial charge in [0.25, 0.3) is 0 Å². The Morgan fingerprint density at radius 1 is 1.33 bits per heavy atom. The minimum atomic E-state index is -0.511. The van der Waals surface area contributed by atoms with E-state index in [1.54, 1.807) is 18.2 Å². The minimum absolute atomic E-state index is 0.0622.